The fraction of sp³-hybridized carbons (Fsp3) is 0.276. The molecular weight excluding hydrogens is 554 g/mol. The molecule has 0 radical (unpaired) electrons. The fourth-order valence-electron chi connectivity index (χ4n) is 4.69. The number of pyridine rings is 2. The first-order chi connectivity index (χ1) is 19.8. The average molecular weight is 580 g/mol. The van der Waals surface area contributed by atoms with Crippen molar-refractivity contribution in [1.29, 1.82) is 5.26 Å². The number of nitrogens with one attached hydrogen (secondary N) is 1. The molecule has 0 saturated carbocycles. The van der Waals surface area contributed by atoms with Crippen molar-refractivity contribution in [3.63, 3.8) is 0 Å². The van der Waals surface area contributed by atoms with Crippen molar-refractivity contribution in [2.45, 2.75) is 45.9 Å². The van der Waals surface area contributed by atoms with Crippen LogP contribution in [0, 0.1) is 17.1 Å². The van der Waals surface area contributed by atoms with Gasteiger partial charge in [-0.2, -0.15) is 23.5 Å². The molecule has 0 spiro atoms. The van der Waals surface area contributed by atoms with E-state index in [1.807, 2.05) is 6.07 Å². The van der Waals surface area contributed by atoms with Gasteiger partial charge in [-0.25, -0.2) is 18.9 Å². The summed E-state index contributed by atoms with van der Waals surface area (Å²) >= 11 is 0. The third kappa shape index (κ3) is 5.35. The Labute approximate surface area is 237 Å². The van der Waals surface area contributed by atoms with Gasteiger partial charge in [0.2, 0.25) is 0 Å². The molecular formula is C29H25F4N7O2. The van der Waals surface area contributed by atoms with Crippen LogP contribution in [0.3, 0.4) is 0 Å². The third-order valence-corrected chi connectivity index (χ3v) is 6.37. The molecule has 0 aliphatic carbocycles. The highest BCUT2D eigenvalue weighted by Crippen LogP contribution is 2.40. The second-order valence-corrected chi connectivity index (χ2v) is 10.5. The number of benzene rings is 1. The number of nitriles is 1. The molecule has 42 heavy (non-hydrogen) atoms. The van der Waals surface area contributed by atoms with Crippen LogP contribution in [0.4, 0.5) is 28.0 Å². The molecule has 0 saturated heterocycles. The maximum atomic E-state index is 15.2. The summed E-state index contributed by atoms with van der Waals surface area (Å²) in [5, 5.41) is 13.5. The van der Waals surface area contributed by atoms with Gasteiger partial charge in [0.1, 0.15) is 17.1 Å². The number of carbonyl (C=O) groups excluding carboxylic acids is 1. The van der Waals surface area contributed by atoms with E-state index < -0.39 is 29.4 Å². The molecule has 216 valence electrons. The lowest BCUT2D eigenvalue weighted by Crippen LogP contribution is -2.37. The molecule has 9 nitrogen and oxygen atoms in total. The minimum atomic E-state index is -4.71. The first-order valence-corrected chi connectivity index (χ1v) is 12.9. The summed E-state index contributed by atoms with van der Waals surface area (Å²) in [6.07, 6.45) is 0.251. The SMILES string of the molecule is CCN(C(=O)OC(C)(C)C)c1cc(F)cc2c1[nH]c1ncc(-c3cncc(CC#N)c3)c(-n3ccc(C(F)(F)F)n3)c12. The Balaban J connectivity index is 1.84. The third-order valence-electron chi connectivity index (χ3n) is 6.37. The van der Waals surface area contributed by atoms with Crippen molar-refractivity contribution in [3.05, 3.63) is 66.1 Å². The number of aromatic amines is 1. The quantitative estimate of drug-likeness (QED) is 0.226. The highest BCUT2D eigenvalue weighted by Gasteiger charge is 2.34. The van der Waals surface area contributed by atoms with Gasteiger partial charge >= 0.3 is 12.3 Å². The Hall–Kier alpha value is -4.99. The van der Waals surface area contributed by atoms with Crippen LogP contribution in [0.25, 0.3) is 38.8 Å². The summed E-state index contributed by atoms with van der Waals surface area (Å²) in [6, 6.07) is 6.95. The summed E-state index contributed by atoms with van der Waals surface area (Å²) in [6.45, 7) is 6.97. The minimum Gasteiger partial charge on any atom is -0.443 e. The van der Waals surface area contributed by atoms with Gasteiger partial charge in [-0.15, -0.1) is 0 Å². The first kappa shape index (κ1) is 28.5. The number of fused-ring (bicyclic) bond motifs is 3. The van der Waals surface area contributed by atoms with Crippen LogP contribution < -0.4 is 4.90 Å². The Morgan fingerprint density at radius 1 is 1.17 bits per heavy atom. The monoisotopic (exact) mass is 579 g/mol. The highest BCUT2D eigenvalue weighted by molar-refractivity contribution is 6.16. The lowest BCUT2D eigenvalue weighted by molar-refractivity contribution is -0.141. The van der Waals surface area contributed by atoms with Gasteiger partial charge in [0, 0.05) is 47.8 Å². The van der Waals surface area contributed by atoms with E-state index in [0.29, 0.717) is 22.2 Å². The Morgan fingerprint density at radius 2 is 1.93 bits per heavy atom. The van der Waals surface area contributed by atoms with Crippen LogP contribution in [0.5, 0.6) is 0 Å². The van der Waals surface area contributed by atoms with Gasteiger partial charge in [0.15, 0.2) is 5.69 Å². The Kier molecular flexibility index (Phi) is 7.10. The van der Waals surface area contributed by atoms with Crippen molar-refractivity contribution in [2.75, 3.05) is 11.4 Å². The number of nitrogens with zero attached hydrogens (tertiary/aromatic N) is 6. The number of alkyl halides is 3. The normalized spacial score (nSPS) is 12.1. The molecule has 0 unspecified atom stereocenters. The predicted molar refractivity (Wildman–Crippen MR) is 147 cm³/mol. The highest BCUT2D eigenvalue weighted by atomic mass is 19.4. The largest absolute Gasteiger partial charge is 0.443 e. The Morgan fingerprint density at radius 3 is 2.57 bits per heavy atom. The average Bonchev–Trinajstić information content (AvgIpc) is 3.54. The van der Waals surface area contributed by atoms with E-state index in [0.717, 1.165) is 16.9 Å². The summed E-state index contributed by atoms with van der Waals surface area (Å²) in [7, 11) is 0. The van der Waals surface area contributed by atoms with Gasteiger partial charge in [-0.3, -0.25) is 9.88 Å². The smallest absolute Gasteiger partial charge is 0.435 e. The van der Waals surface area contributed by atoms with E-state index in [1.165, 1.54) is 35.6 Å². The Bertz CT molecular complexity index is 1860. The van der Waals surface area contributed by atoms with Crippen LogP contribution in [0.15, 0.2) is 49.1 Å². The molecule has 0 bridgehead atoms. The van der Waals surface area contributed by atoms with E-state index >= 15 is 4.39 Å². The van der Waals surface area contributed by atoms with Crippen LogP contribution >= 0.6 is 0 Å². The van der Waals surface area contributed by atoms with Gasteiger partial charge < -0.3 is 9.72 Å². The van der Waals surface area contributed by atoms with Gasteiger partial charge in [-0.05, 0) is 57.5 Å². The van der Waals surface area contributed by atoms with E-state index in [-0.39, 0.29) is 40.8 Å². The molecule has 1 N–H and O–H groups in total. The van der Waals surface area contributed by atoms with E-state index in [9.17, 15) is 18.0 Å². The number of rotatable bonds is 5. The lowest BCUT2D eigenvalue weighted by Gasteiger charge is -2.27. The van der Waals surface area contributed by atoms with Gasteiger partial charge in [0.05, 0.1) is 34.8 Å². The zero-order chi connectivity index (χ0) is 30.4. The van der Waals surface area contributed by atoms with E-state index in [2.05, 4.69) is 20.1 Å². The molecule has 0 aliphatic rings. The molecule has 1 amide bonds. The summed E-state index contributed by atoms with van der Waals surface area (Å²) in [4.78, 5) is 26.1. The standard InChI is InChI=1S/C29H25F4N7O2/c1-5-39(27(41)42-28(2,3)4)21-12-18(30)11-19-23-25(40-9-7-22(38-40)29(31,32)33)20(15-36-26(23)37-24(19)21)17-10-16(6-8-34)13-35-14-17/h7,9-15H,5-6H2,1-4H3,(H,36,37). The molecule has 5 rings (SSSR count). The maximum absolute atomic E-state index is 15.2. The fourth-order valence-corrected chi connectivity index (χ4v) is 4.69. The predicted octanol–water partition coefficient (Wildman–Crippen LogP) is 6.95. The number of hydrogen-bond donors (Lipinski definition) is 1. The molecule has 0 fully saturated rings. The molecule has 4 aromatic heterocycles. The number of aromatic nitrogens is 5. The van der Waals surface area contributed by atoms with Crippen LogP contribution in [0.1, 0.15) is 39.0 Å². The number of halogens is 4. The topological polar surface area (TPSA) is 113 Å². The van der Waals surface area contributed by atoms with Crippen molar-refractivity contribution >= 4 is 33.7 Å². The summed E-state index contributed by atoms with van der Waals surface area (Å²) in [5.41, 5.74) is 0.348. The van der Waals surface area contributed by atoms with E-state index in [1.54, 1.807) is 33.8 Å². The van der Waals surface area contributed by atoms with Gasteiger partial charge in [0.25, 0.3) is 0 Å². The van der Waals surface area contributed by atoms with Crippen molar-refractivity contribution < 1.29 is 27.1 Å². The number of carbonyl (C=O) groups is 1. The second-order valence-electron chi connectivity index (χ2n) is 10.5. The first-order valence-electron chi connectivity index (χ1n) is 12.9. The summed E-state index contributed by atoms with van der Waals surface area (Å²) in [5.74, 6) is -0.689. The molecule has 13 heteroatoms. The number of anilines is 1. The van der Waals surface area contributed by atoms with Crippen LogP contribution in [-0.4, -0.2) is 43.0 Å². The van der Waals surface area contributed by atoms with Crippen molar-refractivity contribution in [3.8, 4) is 22.9 Å². The van der Waals surface area contributed by atoms with Crippen LogP contribution in [-0.2, 0) is 17.3 Å². The van der Waals surface area contributed by atoms with Crippen molar-refractivity contribution in [1.82, 2.24) is 24.7 Å². The summed E-state index contributed by atoms with van der Waals surface area (Å²) < 4.78 is 62.6. The number of hydrogen-bond acceptors (Lipinski definition) is 6. The minimum absolute atomic E-state index is 0.0605. The molecule has 0 atom stereocenters. The number of H-pyrrole nitrogens is 1. The molecule has 1 aromatic carbocycles. The maximum Gasteiger partial charge on any atom is 0.435 e. The van der Waals surface area contributed by atoms with Gasteiger partial charge in [-0.1, -0.05) is 0 Å². The number of ether oxygens (including phenoxy) is 1. The molecule has 0 aliphatic heterocycles. The molecule has 5 aromatic rings. The van der Waals surface area contributed by atoms with Crippen molar-refractivity contribution in [2.24, 2.45) is 0 Å². The zero-order valence-corrected chi connectivity index (χ0v) is 23.0. The number of amides is 1. The second kappa shape index (κ2) is 10.4. The molecule has 4 heterocycles. The lowest BCUT2D eigenvalue weighted by atomic mass is 10.0. The van der Waals surface area contributed by atoms with E-state index in [4.69, 9.17) is 10.00 Å². The zero-order valence-electron chi connectivity index (χ0n) is 23.0. The van der Waals surface area contributed by atoms with Crippen LogP contribution in [0.2, 0.25) is 0 Å².